The third-order valence-electron chi connectivity index (χ3n) is 3.36. The van der Waals surface area contributed by atoms with Crippen molar-refractivity contribution in [1.29, 1.82) is 0 Å². The van der Waals surface area contributed by atoms with Crippen molar-refractivity contribution in [3.8, 4) is 0 Å². The molecule has 1 unspecified atom stereocenters. The quantitative estimate of drug-likeness (QED) is 0.591. The molecule has 0 radical (unpaired) electrons. The third-order valence-corrected chi connectivity index (χ3v) is 4.55. The van der Waals surface area contributed by atoms with E-state index in [4.69, 9.17) is 0 Å². The molecule has 0 heterocycles. The van der Waals surface area contributed by atoms with E-state index >= 15 is 0 Å². The Hall–Kier alpha value is 0.01000. The van der Waals surface area contributed by atoms with Crippen LogP contribution in [0, 0.1) is 11.8 Å². The van der Waals surface area contributed by atoms with E-state index in [2.05, 4.69) is 65.6 Å². The van der Waals surface area contributed by atoms with E-state index in [9.17, 15) is 0 Å². The van der Waals surface area contributed by atoms with E-state index < -0.39 is 0 Å². The minimum atomic E-state index is 0.729. The van der Waals surface area contributed by atoms with Crippen LogP contribution in [-0.4, -0.2) is 25.1 Å². The first-order chi connectivity index (χ1) is 9.61. The third kappa shape index (κ3) is 8.33. The fourth-order valence-corrected chi connectivity index (χ4v) is 3.27. The van der Waals surface area contributed by atoms with Crippen LogP contribution in [0.25, 0.3) is 0 Å². The lowest BCUT2D eigenvalue weighted by atomic mass is 9.95. The van der Waals surface area contributed by atoms with Gasteiger partial charge in [0.1, 0.15) is 0 Å². The van der Waals surface area contributed by atoms with Crippen molar-refractivity contribution < 1.29 is 0 Å². The van der Waals surface area contributed by atoms with Crippen LogP contribution in [0.4, 0.5) is 0 Å². The molecular weight excluding hydrogens is 330 g/mol. The zero-order chi connectivity index (χ0) is 14.8. The van der Waals surface area contributed by atoms with Crippen LogP contribution in [0.5, 0.6) is 0 Å². The van der Waals surface area contributed by atoms with Crippen LogP contribution in [0.15, 0.2) is 28.7 Å². The highest BCUT2D eigenvalue weighted by Gasteiger charge is 2.10. The lowest BCUT2D eigenvalue weighted by Gasteiger charge is -2.19. The summed E-state index contributed by atoms with van der Waals surface area (Å²) in [6.07, 6.45) is 6.01. The molecule has 0 aromatic heterocycles. The Balaban J connectivity index is 2.47. The Morgan fingerprint density at radius 3 is 2.70 bits per heavy atom. The van der Waals surface area contributed by atoms with Gasteiger partial charge in [-0.3, -0.25) is 0 Å². The van der Waals surface area contributed by atoms with Gasteiger partial charge in [0.05, 0.1) is 0 Å². The molecule has 20 heavy (non-hydrogen) atoms. The summed E-state index contributed by atoms with van der Waals surface area (Å²) in [5.41, 5.74) is 1.44. The molecule has 0 spiro atoms. The maximum atomic E-state index is 3.63. The zero-order valence-corrected chi connectivity index (χ0v) is 15.4. The van der Waals surface area contributed by atoms with Gasteiger partial charge in [0.25, 0.3) is 0 Å². The number of nitrogens with one attached hydrogen (secondary N) is 1. The SMILES string of the molecule is CSCCCC(CNCC(C)C)Cc1cccc(Br)c1. The van der Waals surface area contributed by atoms with Gasteiger partial charge in [-0.05, 0) is 73.9 Å². The highest BCUT2D eigenvalue weighted by molar-refractivity contribution is 9.10. The summed E-state index contributed by atoms with van der Waals surface area (Å²) in [5.74, 6) is 2.75. The number of thioether (sulfide) groups is 1. The van der Waals surface area contributed by atoms with Crippen molar-refractivity contribution >= 4 is 27.7 Å². The summed E-state index contributed by atoms with van der Waals surface area (Å²) in [7, 11) is 0. The Morgan fingerprint density at radius 2 is 2.05 bits per heavy atom. The molecule has 0 saturated carbocycles. The molecule has 0 aliphatic rings. The van der Waals surface area contributed by atoms with Gasteiger partial charge >= 0.3 is 0 Å². The second kappa shape index (κ2) is 10.7. The van der Waals surface area contributed by atoms with Gasteiger partial charge in [-0.25, -0.2) is 0 Å². The average molecular weight is 358 g/mol. The lowest BCUT2D eigenvalue weighted by Crippen LogP contribution is -2.27. The summed E-state index contributed by atoms with van der Waals surface area (Å²) in [5, 5.41) is 3.63. The molecule has 3 heteroatoms. The Morgan fingerprint density at radius 1 is 1.25 bits per heavy atom. The number of hydrogen-bond donors (Lipinski definition) is 1. The minimum absolute atomic E-state index is 0.729. The largest absolute Gasteiger partial charge is 0.316 e. The topological polar surface area (TPSA) is 12.0 Å². The van der Waals surface area contributed by atoms with Gasteiger partial charge in [0.2, 0.25) is 0 Å². The maximum Gasteiger partial charge on any atom is 0.0177 e. The van der Waals surface area contributed by atoms with Crippen molar-refractivity contribution in [2.24, 2.45) is 11.8 Å². The van der Waals surface area contributed by atoms with E-state index in [1.807, 2.05) is 11.8 Å². The van der Waals surface area contributed by atoms with Crippen LogP contribution >= 0.6 is 27.7 Å². The van der Waals surface area contributed by atoms with E-state index in [0.29, 0.717) is 0 Å². The highest BCUT2D eigenvalue weighted by Crippen LogP contribution is 2.18. The second-order valence-electron chi connectivity index (χ2n) is 5.89. The lowest BCUT2D eigenvalue weighted by molar-refractivity contribution is 0.422. The maximum absolute atomic E-state index is 3.63. The number of rotatable bonds is 10. The van der Waals surface area contributed by atoms with E-state index in [-0.39, 0.29) is 0 Å². The number of benzene rings is 1. The Labute approximate surface area is 137 Å². The fourth-order valence-electron chi connectivity index (χ4n) is 2.37. The first kappa shape index (κ1) is 18.1. The normalized spacial score (nSPS) is 12.8. The molecule has 1 N–H and O–H groups in total. The van der Waals surface area contributed by atoms with Gasteiger partial charge in [0, 0.05) is 4.47 Å². The monoisotopic (exact) mass is 357 g/mol. The molecule has 0 bridgehead atoms. The Kier molecular flexibility index (Phi) is 9.66. The molecule has 0 aliphatic heterocycles. The smallest absolute Gasteiger partial charge is 0.0177 e. The van der Waals surface area contributed by atoms with Gasteiger partial charge in [0.15, 0.2) is 0 Å². The molecule has 1 nitrogen and oxygen atoms in total. The number of hydrogen-bond acceptors (Lipinski definition) is 2. The molecule has 1 atom stereocenters. The van der Waals surface area contributed by atoms with Gasteiger partial charge in [-0.1, -0.05) is 41.9 Å². The Bertz CT molecular complexity index is 368. The van der Waals surface area contributed by atoms with Crippen LogP contribution in [-0.2, 0) is 6.42 Å². The molecule has 114 valence electrons. The predicted molar refractivity (Wildman–Crippen MR) is 96.7 cm³/mol. The van der Waals surface area contributed by atoms with E-state index in [1.165, 1.54) is 35.1 Å². The van der Waals surface area contributed by atoms with Crippen LogP contribution < -0.4 is 5.32 Å². The molecule has 0 aliphatic carbocycles. The minimum Gasteiger partial charge on any atom is -0.316 e. The van der Waals surface area contributed by atoms with Crippen molar-refractivity contribution in [3.05, 3.63) is 34.3 Å². The number of halogens is 1. The average Bonchev–Trinajstić information content (AvgIpc) is 2.38. The van der Waals surface area contributed by atoms with Gasteiger partial charge < -0.3 is 5.32 Å². The van der Waals surface area contributed by atoms with Crippen molar-refractivity contribution in [2.75, 3.05) is 25.1 Å². The first-order valence-electron chi connectivity index (χ1n) is 7.56. The molecule has 0 fully saturated rings. The summed E-state index contributed by atoms with van der Waals surface area (Å²) < 4.78 is 1.19. The summed E-state index contributed by atoms with van der Waals surface area (Å²) in [4.78, 5) is 0. The van der Waals surface area contributed by atoms with Gasteiger partial charge in [-0.2, -0.15) is 11.8 Å². The molecule has 0 saturated heterocycles. The van der Waals surface area contributed by atoms with E-state index in [0.717, 1.165) is 24.9 Å². The summed E-state index contributed by atoms with van der Waals surface area (Å²) >= 11 is 5.52. The zero-order valence-electron chi connectivity index (χ0n) is 13.0. The van der Waals surface area contributed by atoms with Crippen LogP contribution in [0.1, 0.15) is 32.3 Å². The highest BCUT2D eigenvalue weighted by atomic mass is 79.9. The first-order valence-corrected chi connectivity index (χ1v) is 9.74. The predicted octanol–water partition coefficient (Wildman–Crippen LogP) is 5.00. The van der Waals surface area contributed by atoms with Gasteiger partial charge in [-0.15, -0.1) is 0 Å². The van der Waals surface area contributed by atoms with Crippen LogP contribution in [0.2, 0.25) is 0 Å². The summed E-state index contributed by atoms with van der Waals surface area (Å²) in [6, 6.07) is 8.74. The van der Waals surface area contributed by atoms with Crippen molar-refractivity contribution in [2.45, 2.75) is 33.1 Å². The molecular formula is C17H28BrNS. The molecule has 1 rings (SSSR count). The standard InChI is InChI=1S/C17H28BrNS/c1-14(2)12-19-13-16(7-5-9-20-3)10-15-6-4-8-17(18)11-15/h4,6,8,11,14,16,19H,5,7,9-10,12-13H2,1-3H3. The summed E-state index contributed by atoms with van der Waals surface area (Å²) in [6.45, 7) is 6.80. The van der Waals surface area contributed by atoms with Crippen LogP contribution in [0.3, 0.4) is 0 Å². The fraction of sp³-hybridized carbons (Fsp3) is 0.647. The second-order valence-corrected chi connectivity index (χ2v) is 7.79. The van der Waals surface area contributed by atoms with Crippen molar-refractivity contribution in [1.82, 2.24) is 5.32 Å². The van der Waals surface area contributed by atoms with E-state index in [1.54, 1.807) is 0 Å². The van der Waals surface area contributed by atoms with Crippen molar-refractivity contribution in [3.63, 3.8) is 0 Å². The molecule has 0 amide bonds. The molecule has 1 aromatic carbocycles. The molecule has 1 aromatic rings.